The van der Waals surface area contributed by atoms with Gasteiger partial charge in [0.15, 0.2) is 0 Å². The fourth-order valence-electron chi connectivity index (χ4n) is 4.12. The first-order valence-corrected chi connectivity index (χ1v) is 12.7. The highest BCUT2D eigenvalue weighted by Gasteiger charge is 2.49. The fourth-order valence-corrected chi connectivity index (χ4v) is 8.61. The lowest BCUT2D eigenvalue weighted by molar-refractivity contribution is 0.121. The minimum absolute atomic E-state index is 0.0340. The Morgan fingerprint density at radius 1 is 1.07 bits per heavy atom. The summed E-state index contributed by atoms with van der Waals surface area (Å²) >= 11 is 0. The molecule has 3 heteroatoms. The minimum Gasteiger partial charge on any atom is -0.404 e. The molecule has 0 spiro atoms. The predicted octanol–water partition coefficient (Wildman–Crippen LogP) is 4.92. The van der Waals surface area contributed by atoms with E-state index < -0.39 is 14.4 Å². The van der Waals surface area contributed by atoms with Gasteiger partial charge in [-0.2, -0.15) is 0 Å². The topological polar surface area (TPSA) is 29.5 Å². The number of aliphatic hydroxyl groups excluding tert-OH is 1. The molecule has 2 atom stereocenters. The molecule has 0 aliphatic rings. The highest BCUT2D eigenvalue weighted by atomic mass is 28.4. The van der Waals surface area contributed by atoms with E-state index in [1.807, 2.05) is 6.92 Å². The minimum atomic E-state index is -2.51. The Morgan fingerprint density at radius 2 is 1.57 bits per heavy atom. The first-order chi connectivity index (χ1) is 14.2. The lowest BCUT2D eigenvalue weighted by Gasteiger charge is -2.42. The molecule has 0 heterocycles. The van der Waals surface area contributed by atoms with Crippen LogP contribution < -0.4 is 10.4 Å². The molecule has 0 unspecified atom stereocenters. The zero-order valence-electron chi connectivity index (χ0n) is 19.1. The Morgan fingerprint density at radius 3 is 2.00 bits per heavy atom. The van der Waals surface area contributed by atoms with Crippen LogP contribution in [0.3, 0.4) is 0 Å². The zero-order chi connectivity index (χ0) is 22.2. The second kappa shape index (κ2) is 10.8. The molecule has 0 fully saturated rings. The number of aliphatic hydroxyl groups is 1. The van der Waals surface area contributed by atoms with Crippen molar-refractivity contribution >= 4 is 18.7 Å². The van der Waals surface area contributed by atoms with E-state index in [2.05, 4.69) is 100 Å². The first kappa shape index (κ1) is 24.1. The van der Waals surface area contributed by atoms with Crippen LogP contribution in [0.1, 0.15) is 47.5 Å². The molecule has 30 heavy (non-hydrogen) atoms. The van der Waals surface area contributed by atoms with Crippen molar-refractivity contribution in [2.45, 2.75) is 58.6 Å². The molecule has 0 radical (unpaired) electrons. The maximum Gasteiger partial charge on any atom is 0.261 e. The summed E-state index contributed by atoms with van der Waals surface area (Å²) in [5.74, 6) is 2.68. The third-order valence-corrected chi connectivity index (χ3v) is 10.8. The summed E-state index contributed by atoms with van der Waals surface area (Å²) in [5.41, 5.74) is 1.22. The van der Waals surface area contributed by atoms with Gasteiger partial charge in [-0.3, -0.25) is 0 Å². The van der Waals surface area contributed by atoms with Gasteiger partial charge >= 0.3 is 0 Å². The molecule has 0 aliphatic carbocycles. The monoisotopic (exact) mass is 420 g/mol. The van der Waals surface area contributed by atoms with Crippen molar-refractivity contribution in [2.75, 3.05) is 6.61 Å². The molecule has 2 aromatic rings. The van der Waals surface area contributed by atoms with E-state index in [1.54, 1.807) is 0 Å². The summed E-state index contributed by atoms with van der Waals surface area (Å²) in [4.78, 5) is 0. The van der Waals surface area contributed by atoms with Crippen LogP contribution in [0.5, 0.6) is 0 Å². The van der Waals surface area contributed by atoms with Crippen LogP contribution in [0.2, 0.25) is 5.04 Å². The van der Waals surface area contributed by atoms with Gasteiger partial charge in [0.05, 0.1) is 12.7 Å². The number of benzene rings is 2. The standard InChI is InChI=1S/C27H36O2Si/c1-7-14-26(28)23(3)21-22(2)19-20-29-30(27(4,5)6,24-15-10-8-11-16-24)25-17-12-9-13-18-25/h1,8-13,15-19,23,26,28H,14,20-21H2,2-6H3/b22-19+/t23-,26-/m1/s1. The van der Waals surface area contributed by atoms with Crippen molar-refractivity contribution in [1.29, 1.82) is 0 Å². The molecule has 0 aromatic heterocycles. The van der Waals surface area contributed by atoms with Gasteiger partial charge in [-0.05, 0) is 34.7 Å². The predicted molar refractivity (Wildman–Crippen MR) is 131 cm³/mol. The summed E-state index contributed by atoms with van der Waals surface area (Å²) in [6.07, 6.45) is 8.25. The van der Waals surface area contributed by atoms with Crippen LogP contribution in [0.25, 0.3) is 0 Å². The Labute approximate surface area is 184 Å². The average Bonchev–Trinajstić information content (AvgIpc) is 2.71. The van der Waals surface area contributed by atoms with Crippen LogP contribution in [-0.2, 0) is 4.43 Å². The van der Waals surface area contributed by atoms with Crippen molar-refractivity contribution in [2.24, 2.45) is 5.92 Å². The van der Waals surface area contributed by atoms with Crippen LogP contribution in [0.15, 0.2) is 72.3 Å². The van der Waals surface area contributed by atoms with Gasteiger partial charge in [-0.15, -0.1) is 12.3 Å². The largest absolute Gasteiger partial charge is 0.404 e. The van der Waals surface area contributed by atoms with Gasteiger partial charge in [0.25, 0.3) is 8.32 Å². The van der Waals surface area contributed by atoms with E-state index in [4.69, 9.17) is 10.8 Å². The molecular weight excluding hydrogens is 384 g/mol. The average molecular weight is 421 g/mol. The SMILES string of the molecule is C#CC[C@@H](O)[C@H](C)C/C(C)=C/CO[Si](c1ccccc1)(c1ccccc1)C(C)(C)C. The zero-order valence-corrected chi connectivity index (χ0v) is 20.1. The Hall–Kier alpha value is -2.12. The molecule has 2 nitrogen and oxygen atoms in total. The van der Waals surface area contributed by atoms with Crippen LogP contribution in [0.4, 0.5) is 0 Å². The molecule has 0 amide bonds. The molecular formula is C27H36O2Si. The van der Waals surface area contributed by atoms with Crippen LogP contribution >= 0.6 is 0 Å². The van der Waals surface area contributed by atoms with E-state index in [9.17, 15) is 5.11 Å². The third-order valence-electron chi connectivity index (χ3n) is 5.78. The van der Waals surface area contributed by atoms with Gasteiger partial charge in [-0.1, -0.05) is 100 Å². The second-order valence-electron chi connectivity index (χ2n) is 9.18. The Kier molecular flexibility index (Phi) is 8.67. The molecule has 1 N–H and O–H groups in total. The quantitative estimate of drug-likeness (QED) is 0.354. The van der Waals surface area contributed by atoms with Crippen molar-refractivity contribution in [1.82, 2.24) is 0 Å². The smallest absolute Gasteiger partial charge is 0.261 e. The molecule has 0 saturated heterocycles. The van der Waals surface area contributed by atoms with Gasteiger partial charge in [0.2, 0.25) is 0 Å². The Bertz CT molecular complexity index is 804. The molecule has 0 aliphatic heterocycles. The fraction of sp³-hybridized carbons (Fsp3) is 0.407. The summed E-state index contributed by atoms with van der Waals surface area (Å²) in [7, 11) is -2.51. The highest BCUT2D eigenvalue weighted by Crippen LogP contribution is 2.36. The number of terminal acetylenes is 1. The lowest BCUT2D eigenvalue weighted by Crippen LogP contribution is -2.66. The third kappa shape index (κ3) is 5.73. The van der Waals surface area contributed by atoms with E-state index in [0.29, 0.717) is 13.0 Å². The molecule has 2 aromatic carbocycles. The van der Waals surface area contributed by atoms with E-state index in [0.717, 1.165) is 6.42 Å². The van der Waals surface area contributed by atoms with Gasteiger partial charge in [0, 0.05) is 6.42 Å². The summed E-state index contributed by atoms with van der Waals surface area (Å²) < 4.78 is 6.89. The van der Waals surface area contributed by atoms with Gasteiger partial charge < -0.3 is 9.53 Å². The second-order valence-corrected chi connectivity index (χ2v) is 13.5. The van der Waals surface area contributed by atoms with Crippen LogP contribution in [0, 0.1) is 18.3 Å². The number of hydrogen-bond donors (Lipinski definition) is 1. The van der Waals surface area contributed by atoms with Gasteiger partial charge in [-0.25, -0.2) is 0 Å². The maximum atomic E-state index is 10.1. The molecule has 0 bridgehead atoms. The van der Waals surface area contributed by atoms with E-state index in [-0.39, 0.29) is 11.0 Å². The van der Waals surface area contributed by atoms with Gasteiger partial charge in [0.1, 0.15) is 0 Å². The Balaban J connectivity index is 2.32. The van der Waals surface area contributed by atoms with Crippen molar-refractivity contribution in [3.63, 3.8) is 0 Å². The number of hydrogen-bond acceptors (Lipinski definition) is 2. The van der Waals surface area contributed by atoms with Crippen molar-refractivity contribution in [3.05, 3.63) is 72.3 Å². The molecule has 160 valence electrons. The number of allylic oxidation sites excluding steroid dienone is 1. The highest BCUT2D eigenvalue weighted by molar-refractivity contribution is 6.99. The lowest BCUT2D eigenvalue weighted by atomic mass is 9.95. The summed E-state index contributed by atoms with van der Waals surface area (Å²) in [6.45, 7) is 11.6. The first-order valence-electron chi connectivity index (χ1n) is 10.7. The summed E-state index contributed by atoms with van der Waals surface area (Å²) in [6, 6.07) is 21.4. The van der Waals surface area contributed by atoms with E-state index >= 15 is 0 Å². The van der Waals surface area contributed by atoms with Crippen molar-refractivity contribution < 1.29 is 9.53 Å². The maximum absolute atomic E-state index is 10.1. The molecule has 2 rings (SSSR count). The normalized spacial score (nSPS) is 14.8. The molecule has 0 saturated carbocycles. The summed E-state index contributed by atoms with van der Waals surface area (Å²) in [5, 5.41) is 12.7. The van der Waals surface area contributed by atoms with E-state index in [1.165, 1.54) is 15.9 Å². The van der Waals surface area contributed by atoms with Crippen molar-refractivity contribution in [3.8, 4) is 12.3 Å². The number of rotatable bonds is 9. The van der Waals surface area contributed by atoms with Crippen LogP contribution in [-0.4, -0.2) is 26.1 Å².